The summed E-state index contributed by atoms with van der Waals surface area (Å²) in [4.78, 5) is 18.0. The maximum atomic E-state index is 14.6. The Labute approximate surface area is 191 Å². The third-order valence-electron chi connectivity index (χ3n) is 5.12. The number of nitrogens with zero attached hydrogens (tertiary/aromatic N) is 2. The first-order chi connectivity index (χ1) is 14.4. The van der Waals surface area contributed by atoms with E-state index in [-0.39, 0.29) is 18.3 Å². The van der Waals surface area contributed by atoms with E-state index in [1.54, 1.807) is 36.0 Å². The first-order valence-electron chi connectivity index (χ1n) is 9.95. The van der Waals surface area contributed by atoms with E-state index in [1.165, 1.54) is 6.07 Å². The first-order valence-corrected chi connectivity index (χ1v) is 11.7. The number of likely N-dealkylation sites (N-methyl/N-ethyl adjacent to an activating group) is 1. The van der Waals surface area contributed by atoms with Crippen molar-refractivity contribution >= 4 is 40.9 Å². The molecule has 0 aromatic heterocycles. The maximum absolute atomic E-state index is 14.6. The summed E-state index contributed by atoms with van der Waals surface area (Å²) in [7, 11) is 2.09. The summed E-state index contributed by atoms with van der Waals surface area (Å²) in [6, 6.07) is 8.19. The van der Waals surface area contributed by atoms with E-state index in [2.05, 4.69) is 22.2 Å². The highest BCUT2D eigenvalue weighted by Gasteiger charge is 2.17. The summed E-state index contributed by atoms with van der Waals surface area (Å²) in [5.74, 6) is 0.167. The fourth-order valence-electron chi connectivity index (χ4n) is 3.39. The molecular formula is C22H26Cl2FN3OS. The molecule has 3 rings (SSSR count). The second kappa shape index (κ2) is 10.8. The SMILES string of the molecule is CCSc1c(Cl)cc(Cl)cc1CNC(=O)c1ccc(CN2CCN(C)CC2)c(F)c1. The number of benzene rings is 2. The van der Waals surface area contributed by atoms with E-state index < -0.39 is 0 Å². The van der Waals surface area contributed by atoms with Gasteiger partial charge < -0.3 is 10.2 Å². The largest absolute Gasteiger partial charge is 0.348 e. The fraction of sp³-hybridized carbons (Fsp3) is 0.409. The van der Waals surface area contributed by atoms with E-state index >= 15 is 0 Å². The summed E-state index contributed by atoms with van der Waals surface area (Å²) in [6.45, 7) is 6.65. The molecule has 1 N–H and O–H groups in total. The number of amides is 1. The number of nitrogens with one attached hydrogen (secondary N) is 1. The molecule has 162 valence electrons. The van der Waals surface area contributed by atoms with Crippen LogP contribution in [0.1, 0.15) is 28.4 Å². The highest BCUT2D eigenvalue weighted by molar-refractivity contribution is 7.99. The predicted molar refractivity (Wildman–Crippen MR) is 123 cm³/mol. The molecule has 0 radical (unpaired) electrons. The molecular weight excluding hydrogens is 444 g/mol. The van der Waals surface area contributed by atoms with Crippen LogP contribution in [0.25, 0.3) is 0 Å². The Balaban J connectivity index is 1.64. The second-order valence-electron chi connectivity index (χ2n) is 7.38. The number of piperazine rings is 1. The van der Waals surface area contributed by atoms with Gasteiger partial charge in [0, 0.05) is 60.3 Å². The van der Waals surface area contributed by atoms with Gasteiger partial charge in [0.15, 0.2) is 0 Å². The molecule has 30 heavy (non-hydrogen) atoms. The molecule has 2 aromatic rings. The molecule has 0 aliphatic carbocycles. The number of rotatable bonds is 7. The number of hydrogen-bond donors (Lipinski definition) is 1. The molecule has 1 aliphatic rings. The zero-order valence-corrected chi connectivity index (χ0v) is 19.5. The van der Waals surface area contributed by atoms with Crippen molar-refractivity contribution < 1.29 is 9.18 Å². The van der Waals surface area contributed by atoms with Crippen LogP contribution in [0.4, 0.5) is 4.39 Å². The second-order valence-corrected chi connectivity index (χ2v) is 9.50. The highest BCUT2D eigenvalue weighted by atomic mass is 35.5. The maximum Gasteiger partial charge on any atom is 0.251 e. The quantitative estimate of drug-likeness (QED) is 0.583. The average Bonchev–Trinajstić information content (AvgIpc) is 2.71. The van der Waals surface area contributed by atoms with Gasteiger partial charge in [-0.3, -0.25) is 9.69 Å². The van der Waals surface area contributed by atoms with Crippen molar-refractivity contribution in [3.63, 3.8) is 0 Å². The molecule has 4 nitrogen and oxygen atoms in total. The van der Waals surface area contributed by atoms with Crippen molar-refractivity contribution in [1.29, 1.82) is 0 Å². The standard InChI is InChI=1S/C22H26Cl2FN3OS/c1-3-30-21-17(10-18(23)12-19(21)24)13-26-22(29)15-4-5-16(20(25)11-15)14-28-8-6-27(2)7-9-28/h4-5,10-12H,3,6-9,13-14H2,1-2H3,(H,26,29). The van der Waals surface area contributed by atoms with Gasteiger partial charge in [-0.15, -0.1) is 11.8 Å². The number of hydrogen-bond acceptors (Lipinski definition) is 4. The summed E-state index contributed by atoms with van der Waals surface area (Å²) < 4.78 is 14.6. The molecule has 1 saturated heterocycles. The van der Waals surface area contributed by atoms with Crippen molar-refractivity contribution in [2.75, 3.05) is 39.0 Å². The van der Waals surface area contributed by atoms with Crippen molar-refractivity contribution in [3.8, 4) is 0 Å². The minimum atomic E-state index is -0.352. The Hall–Kier alpha value is -1.31. The molecule has 0 unspecified atom stereocenters. The third kappa shape index (κ3) is 6.11. The Morgan fingerprint density at radius 3 is 2.53 bits per heavy atom. The summed E-state index contributed by atoms with van der Waals surface area (Å²) in [6.07, 6.45) is 0. The fourth-order valence-corrected chi connectivity index (χ4v) is 4.89. The van der Waals surface area contributed by atoms with Gasteiger partial charge in [-0.05, 0) is 42.6 Å². The summed E-state index contributed by atoms with van der Waals surface area (Å²) in [5.41, 5.74) is 1.76. The van der Waals surface area contributed by atoms with Gasteiger partial charge >= 0.3 is 0 Å². The summed E-state index contributed by atoms with van der Waals surface area (Å²) >= 11 is 14.0. The summed E-state index contributed by atoms with van der Waals surface area (Å²) in [5, 5.41) is 3.93. The predicted octanol–water partition coefficient (Wildman–Crippen LogP) is 4.92. The van der Waals surface area contributed by atoms with Gasteiger partial charge in [0.1, 0.15) is 5.82 Å². The average molecular weight is 470 g/mol. The van der Waals surface area contributed by atoms with Gasteiger partial charge in [0.2, 0.25) is 0 Å². The molecule has 1 heterocycles. The molecule has 1 amide bonds. The Kier molecular flexibility index (Phi) is 8.43. The van der Waals surface area contributed by atoms with Gasteiger partial charge in [-0.2, -0.15) is 0 Å². The molecule has 0 atom stereocenters. The molecule has 2 aromatic carbocycles. The monoisotopic (exact) mass is 469 g/mol. The Morgan fingerprint density at radius 1 is 1.13 bits per heavy atom. The highest BCUT2D eigenvalue weighted by Crippen LogP contribution is 2.33. The number of carbonyl (C=O) groups excluding carboxylic acids is 1. The van der Waals surface area contributed by atoms with Crippen LogP contribution >= 0.6 is 35.0 Å². The smallest absolute Gasteiger partial charge is 0.251 e. The lowest BCUT2D eigenvalue weighted by molar-refractivity contribution is 0.0950. The van der Waals surface area contributed by atoms with Crippen LogP contribution in [0.15, 0.2) is 35.2 Å². The van der Waals surface area contributed by atoms with Crippen LogP contribution < -0.4 is 5.32 Å². The van der Waals surface area contributed by atoms with E-state index in [0.29, 0.717) is 27.7 Å². The number of thioether (sulfide) groups is 1. The molecule has 0 saturated carbocycles. The Bertz CT molecular complexity index is 904. The topological polar surface area (TPSA) is 35.6 Å². The van der Waals surface area contributed by atoms with Crippen LogP contribution in [0.2, 0.25) is 10.0 Å². The van der Waals surface area contributed by atoms with E-state index in [4.69, 9.17) is 23.2 Å². The number of halogens is 3. The normalized spacial score (nSPS) is 15.4. The van der Waals surface area contributed by atoms with E-state index in [0.717, 1.165) is 42.4 Å². The van der Waals surface area contributed by atoms with Crippen molar-refractivity contribution in [1.82, 2.24) is 15.1 Å². The molecule has 0 bridgehead atoms. The van der Waals surface area contributed by atoms with E-state index in [9.17, 15) is 9.18 Å². The van der Waals surface area contributed by atoms with E-state index in [1.807, 2.05) is 6.92 Å². The van der Waals surface area contributed by atoms with Crippen LogP contribution in [0, 0.1) is 5.82 Å². The Morgan fingerprint density at radius 2 is 1.87 bits per heavy atom. The van der Waals surface area contributed by atoms with Crippen LogP contribution in [0.5, 0.6) is 0 Å². The molecule has 8 heteroatoms. The molecule has 1 aliphatic heterocycles. The molecule has 1 fully saturated rings. The zero-order valence-electron chi connectivity index (χ0n) is 17.2. The lowest BCUT2D eigenvalue weighted by Crippen LogP contribution is -2.44. The zero-order chi connectivity index (χ0) is 21.7. The number of carbonyl (C=O) groups is 1. The van der Waals surface area contributed by atoms with Gasteiger partial charge in [0.05, 0.1) is 5.02 Å². The third-order valence-corrected chi connectivity index (χ3v) is 6.81. The van der Waals surface area contributed by atoms with Crippen LogP contribution in [-0.4, -0.2) is 54.7 Å². The minimum absolute atomic E-state index is 0.270. The van der Waals surface area contributed by atoms with Crippen molar-refractivity contribution in [2.24, 2.45) is 0 Å². The van der Waals surface area contributed by atoms with Crippen molar-refractivity contribution in [3.05, 3.63) is 62.9 Å². The molecule has 0 spiro atoms. The lowest BCUT2D eigenvalue weighted by Gasteiger charge is -2.32. The van der Waals surface area contributed by atoms with Crippen LogP contribution in [0.3, 0.4) is 0 Å². The van der Waals surface area contributed by atoms with Gasteiger partial charge in [-0.25, -0.2) is 4.39 Å². The first kappa shape index (κ1) is 23.4. The lowest BCUT2D eigenvalue weighted by atomic mass is 10.1. The van der Waals surface area contributed by atoms with Crippen LogP contribution in [-0.2, 0) is 13.1 Å². The van der Waals surface area contributed by atoms with Gasteiger partial charge in [0.25, 0.3) is 5.91 Å². The van der Waals surface area contributed by atoms with Gasteiger partial charge in [-0.1, -0.05) is 36.2 Å². The minimum Gasteiger partial charge on any atom is -0.348 e. The van der Waals surface area contributed by atoms with Crippen molar-refractivity contribution in [2.45, 2.75) is 24.9 Å².